The minimum atomic E-state index is -2.00. The molecule has 1 atom stereocenters. The molecule has 0 amide bonds. The first-order chi connectivity index (χ1) is 4.27. The third-order valence-electron chi connectivity index (χ3n) is 1.12. The summed E-state index contributed by atoms with van der Waals surface area (Å²) in [5.74, 6) is 0. The minimum Gasteiger partial charge on any atom is -0.655 e. The molecule has 3 radical (unpaired) electrons. The van der Waals surface area contributed by atoms with Crippen molar-refractivity contribution in [3.8, 4) is 0 Å². The first kappa shape index (κ1) is 25.5. The van der Waals surface area contributed by atoms with Crippen molar-refractivity contribution in [1.29, 1.82) is 0 Å². The molecule has 1 unspecified atom stereocenters. The van der Waals surface area contributed by atoms with Gasteiger partial charge in [0, 0.05) is 98.1 Å². The van der Waals surface area contributed by atoms with Gasteiger partial charge in [-0.05, 0) is 7.05 Å². The van der Waals surface area contributed by atoms with Crippen LogP contribution < -0.4 is 9.63 Å². The molecule has 13 heavy (non-hydrogen) atoms. The van der Waals surface area contributed by atoms with Crippen LogP contribution in [-0.2, 0) is 98.1 Å². The Balaban J connectivity index is -0.000000135. The van der Waals surface area contributed by atoms with E-state index in [4.69, 9.17) is 5.40 Å². The average molecular weight is 443 g/mol. The SMILES string of the molecule is CN[Si](C)([NH-])N[Si](C)(C)C.[Y].[Y].[Y]. The second-order valence-corrected chi connectivity index (χ2v) is 12.0. The van der Waals surface area contributed by atoms with E-state index in [1.165, 1.54) is 0 Å². The van der Waals surface area contributed by atoms with E-state index in [1.54, 1.807) is 0 Å². The van der Waals surface area contributed by atoms with Crippen LogP contribution in [0.1, 0.15) is 0 Å². The van der Waals surface area contributed by atoms with Gasteiger partial charge in [-0.25, -0.2) is 0 Å². The monoisotopic (exact) mass is 443 g/mol. The van der Waals surface area contributed by atoms with Gasteiger partial charge in [0.05, 0.1) is 8.56 Å². The fourth-order valence-corrected chi connectivity index (χ4v) is 7.31. The van der Waals surface area contributed by atoms with Crippen molar-refractivity contribution in [1.82, 2.24) is 9.63 Å². The van der Waals surface area contributed by atoms with Gasteiger partial charge >= 0.3 is 0 Å². The standard InChI is InChI=1S/C5H18N3Si2.3Y/c1-7-10(5,6)8-9(2,3)4;;;/h6-8H,1-5H3;;;/q-1;;;. The zero-order chi connectivity index (χ0) is 8.41. The van der Waals surface area contributed by atoms with Crippen molar-refractivity contribution in [3.63, 3.8) is 0 Å². The molecular formula is C5H18N3Si2Y3-. The Bertz CT molecular complexity index is 118. The molecule has 3 N–H and O–H groups in total. The van der Waals surface area contributed by atoms with E-state index in [9.17, 15) is 0 Å². The molecule has 0 bridgehead atoms. The summed E-state index contributed by atoms with van der Waals surface area (Å²) in [4.78, 5) is 3.03. The number of hydrogen-bond acceptors (Lipinski definition) is 2. The zero-order valence-corrected chi connectivity index (χ0v) is 19.7. The maximum Gasteiger partial charge on any atom is 0.109 e. The van der Waals surface area contributed by atoms with Crippen LogP contribution in [0.3, 0.4) is 0 Å². The van der Waals surface area contributed by atoms with Crippen LogP contribution in [0, 0.1) is 0 Å². The van der Waals surface area contributed by atoms with Gasteiger partial charge in [-0.1, -0.05) is 26.2 Å². The van der Waals surface area contributed by atoms with E-state index in [0.717, 1.165) is 0 Å². The Morgan fingerprint density at radius 3 is 1.31 bits per heavy atom. The molecular weight excluding hydrogens is 425 g/mol. The Kier molecular flexibility index (Phi) is 21.1. The van der Waals surface area contributed by atoms with Crippen LogP contribution in [0.25, 0.3) is 5.40 Å². The summed E-state index contributed by atoms with van der Waals surface area (Å²) in [7, 11) is -1.40. The van der Waals surface area contributed by atoms with E-state index in [-0.39, 0.29) is 98.1 Å². The summed E-state index contributed by atoms with van der Waals surface area (Å²) in [5.41, 5.74) is 0. The molecule has 0 saturated heterocycles. The van der Waals surface area contributed by atoms with Crippen molar-refractivity contribution in [2.45, 2.75) is 26.2 Å². The normalized spacial score (nSPS) is 14.3. The summed E-state index contributed by atoms with van der Waals surface area (Å²) in [6.07, 6.45) is 0. The second kappa shape index (κ2) is 10.8. The van der Waals surface area contributed by atoms with Gasteiger partial charge in [-0.2, -0.15) is 0 Å². The Hall–Kier alpha value is 3.63. The van der Waals surface area contributed by atoms with E-state index in [0.29, 0.717) is 0 Å². The van der Waals surface area contributed by atoms with E-state index < -0.39 is 16.8 Å². The molecule has 0 rings (SSSR count). The predicted molar refractivity (Wildman–Crippen MR) is 51.5 cm³/mol. The molecule has 0 aromatic heterocycles. The summed E-state index contributed by atoms with van der Waals surface area (Å²) in [5, 5.41) is 7.78. The largest absolute Gasteiger partial charge is 0.655 e. The number of nitrogens with one attached hydrogen (secondary N) is 3. The zero-order valence-electron chi connectivity index (χ0n) is 9.23. The van der Waals surface area contributed by atoms with Crippen LogP contribution in [0.2, 0.25) is 26.2 Å². The molecule has 3 nitrogen and oxygen atoms in total. The van der Waals surface area contributed by atoms with Crippen LogP contribution in [0.15, 0.2) is 0 Å². The third kappa shape index (κ3) is 18.2. The summed E-state index contributed by atoms with van der Waals surface area (Å²) in [6, 6.07) is 0. The molecule has 0 fully saturated rings. The maximum atomic E-state index is 7.78. The van der Waals surface area contributed by atoms with E-state index in [2.05, 4.69) is 29.3 Å². The van der Waals surface area contributed by atoms with Crippen molar-refractivity contribution in [3.05, 3.63) is 5.40 Å². The fraction of sp³-hybridized carbons (Fsp3) is 1.00. The number of hydrogen-bond donors (Lipinski definition) is 2. The molecule has 0 aliphatic rings. The molecule has 0 heterocycles. The molecule has 0 spiro atoms. The molecule has 0 aliphatic heterocycles. The van der Waals surface area contributed by atoms with Gasteiger partial charge in [0.1, 0.15) is 8.24 Å². The van der Waals surface area contributed by atoms with Gasteiger partial charge in [0.15, 0.2) is 0 Å². The van der Waals surface area contributed by atoms with Gasteiger partial charge in [-0.3, -0.25) is 0 Å². The summed E-state index contributed by atoms with van der Waals surface area (Å²) < 4.78 is 3.38. The van der Waals surface area contributed by atoms with Crippen LogP contribution in [-0.4, -0.2) is 23.8 Å². The molecule has 71 valence electrons. The molecule has 0 aromatic rings. The van der Waals surface area contributed by atoms with Gasteiger partial charge in [-0.15, -0.1) is 0 Å². The average Bonchev–Trinajstić information content (AvgIpc) is 1.60. The smallest absolute Gasteiger partial charge is 0.109 e. The van der Waals surface area contributed by atoms with E-state index >= 15 is 0 Å². The van der Waals surface area contributed by atoms with Crippen LogP contribution in [0.4, 0.5) is 0 Å². The first-order valence-corrected chi connectivity index (χ1v) is 9.50. The molecule has 0 aromatic carbocycles. The minimum absolute atomic E-state index is 0. The van der Waals surface area contributed by atoms with Crippen LogP contribution >= 0.6 is 0 Å². The molecule has 8 heteroatoms. The summed E-state index contributed by atoms with van der Waals surface area (Å²) >= 11 is 0. The van der Waals surface area contributed by atoms with Gasteiger partial charge < -0.3 is 15.0 Å². The Morgan fingerprint density at radius 2 is 1.23 bits per heavy atom. The Morgan fingerprint density at radius 1 is 0.923 bits per heavy atom. The second-order valence-electron chi connectivity index (χ2n) is 3.75. The molecule has 0 saturated carbocycles. The quantitative estimate of drug-likeness (QED) is 0.646. The van der Waals surface area contributed by atoms with Crippen LogP contribution in [0.5, 0.6) is 0 Å². The van der Waals surface area contributed by atoms with Crippen molar-refractivity contribution < 1.29 is 98.1 Å². The first-order valence-electron chi connectivity index (χ1n) is 3.50. The third-order valence-corrected chi connectivity index (χ3v) is 7.12. The fourth-order valence-electron chi connectivity index (χ4n) is 0.812. The summed E-state index contributed by atoms with van der Waals surface area (Å²) in [6.45, 7) is 8.60. The van der Waals surface area contributed by atoms with Crippen molar-refractivity contribution in [2.75, 3.05) is 7.05 Å². The predicted octanol–water partition coefficient (Wildman–Crippen LogP) is 1.24. The van der Waals surface area contributed by atoms with Gasteiger partial charge in [0.25, 0.3) is 0 Å². The maximum absolute atomic E-state index is 7.78. The van der Waals surface area contributed by atoms with E-state index in [1.807, 2.05) is 13.6 Å². The molecule has 0 aliphatic carbocycles. The van der Waals surface area contributed by atoms with Crippen molar-refractivity contribution >= 4 is 16.8 Å². The van der Waals surface area contributed by atoms with Crippen molar-refractivity contribution in [2.24, 2.45) is 0 Å². The Labute approximate surface area is 160 Å². The topological polar surface area (TPSA) is 47.9 Å². The number of rotatable bonds is 3. The van der Waals surface area contributed by atoms with Gasteiger partial charge in [0.2, 0.25) is 0 Å².